The highest BCUT2D eigenvalue weighted by Gasteiger charge is 2.31. The van der Waals surface area contributed by atoms with Crippen molar-refractivity contribution in [3.8, 4) is 0 Å². The standard InChI is InChI=1S/C23H28N8O/c1-23(15-25-17-4-7-24-14-18(17)28-23)19-12-21-27-20(30-8-2-3-9-30)13-22(31(21)29-19)26-16-5-10-32-11-6-16/h4,7,12-14,16,26H,2-3,5-6,8-11,15H2,1H3. The molecule has 2 saturated heterocycles. The second-order valence-corrected chi connectivity index (χ2v) is 9.09. The highest BCUT2D eigenvalue weighted by atomic mass is 16.5. The average Bonchev–Trinajstić information content (AvgIpc) is 3.50. The van der Waals surface area contributed by atoms with Crippen LogP contribution in [0.2, 0.25) is 0 Å². The Labute approximate surface area is 186 Å². The van der Waals surface area contributed by atoms with E-state index in [1.54, 1.807) is 12.4 Å². The molecule has 0 saturated carbocycles. The molecule has 3 aromatic heterocycles. The zero-order chi connectivity index (χ0) is 21.5. The van der Waals surface area contributed by atoms with E-state index in [0.29, 0.717) is 12.6 Å². The predicted octanol–water partition coefficient (Wildman–Crippen LogP) is 1.48. The summed E-state index contributed by atoms with van der Waals surface area (Å²) in [7, 11) is 0. The molecule has 0 spiro atoms. The smallest absolute Gasteiger partial charge is 0.160 e. The molecule has 0 aliphatic carbocycles. The number of ether oxygens (including phenoxy) is 1. The minimum atomic E-state index is -0.548. The van der Waals surface area contributed by atoms with E-state index < -0.39 is 5.54 Å². The van der Waals surface area contributed by atoms with Gasteiger partial charge in [0, 0.05) is 50.7 Å². The lowest BCUT2D eigenvalue weighted by Gasteiger charge is -2.25. The minimum absolute atomic E-state index is 0.372. The number of nitrogens with one attached hydrogen (secondary N) is 1. The van der Waals surface area contributed by atoms with Crippen molar-refractivity contribution in [3.63, 3.8) is 0 Å². The summed E-state index contributed by atoms with van der Waals surface area (Å²) in [4.78, 5) is 21.3. The van der Waals surface area contributed by atoms with Gasteiger partial charge in [-0.1, -0.05) is 0 Å². The Bertz CT molecular complexity index is 1260. The van der Waals surface area contributed by atoms with Crippen molar-refractivity contribution in [3.05, 3.63) is 47.0 Å². The summed E-state index contributed by atoms with van der Waals surface area (Å²) in [6, 6.07) is 6.49. The highest BCUT2D eigenvalue weighted by molar-refractivity contribution is 5.59. The fraction of sp³-hybridized carbons (Fsp3) is 0.522. The third kappa shape index (κ3) is 3.50. The number of pyridine rings is 1. The van der Waals surface area contributed by atoms with Gasteiger partial charge >= 0.3 is 0 Å². The van der Waals surface area contributed by atoms with Crippen molar-refractivity contribution >= 4 is 17.3 Å². The molecule has 3 aliphatic heterocycles. The first-order valence-corrected chi connectivity index (χ1v) is 11.5. The maximum Gasteiger partial charge on any atom is 0.160 e. The molecule has 3 aliphatic rings. The molecule has 0 bridgehead atoms. The fourth-order valence-electron chi connectivity index (χ4n) is 4.76. The summed E-state index contributed by atoms with van der Waals surface area (Å²) >= 11 is 0. The first kappa shape index (κ1) is 19.6. The zero-order valence-electron chi connectivity index (χ0n) is 18.4. The third-order valence-electron chi connectivity index (χ3n) is 6.67. The number of hydrogen-bond acceptors (Lipinski definition) is 8. The van der Waals surface area contributed by atoms with Crippen LogP contribution >= 0.6 is 0 Å². The number of aromatic nitrogens is 4. The highest BCUT2D eigenvalue weighted by Crippen LogP contribution is 2.30. The molecule has 3 aromatic rings. The molecule has 1 unspecified atom stereocenters. The SMILES string of the molecule is CC1(c2cc3nc(N4CCCC4)cc(NC4CCOCC4)n3n2)CN=c2ccncc2=N1. The fourth-order valence-corrected chi connectivity index (χ4v) is 4.76. The van der Waals surface area contributed by atoms with Crippen molar-refractivity contribution in [2.75, 3.05) is 43.1 Å². The van der Waals surface area contributed by atoms with Gasteiger partial charge in [-0.15, -0.1) is 0 Å². The number of hydrogen-bond donors (Lipinski definition) is 1. The van der Waals surface area contributed by atoms with Crippen LogP contribution in [0.25, 0.3) is 5.65 Å². The van der Waals surface area contributed by atoms with Gasteiger partial charge in [-0.05, 0) is 38.7 Å². The Morgan fingerprint density at radius 1 is 1.12 bits per heavy atom. The van der Waals surface area contributed by atoms with Gasteiger partial charge in [0.15, 0.2) is 5.65 Å². The van der Waals surface area contributed by atoms with Crippen LogP contribution in [0.15, 0.2) is 40.6 Å². The number of nitrogens with zero attached hydrogens (tertiary/aromatic N) is 7. The summed E-state index contributed by atoms with van der Waals surface area (Å²) < 4.78 is 7.48. The van der Waals surface area contributed by atoms with Gasteiger partial charge in [0.2, 0.25) is 0 Å². The maximum absolute atomic E-state index is 5.54. The molecule has 166 valence electrons. The first-order chi connectivity index (χ1) is 15.7. The number of anilines is 2. The molecule has 1 atom stereocenters. The van der Waals surface area contributed by atoms with E-state index >= 15 is 0 Å². The Morgan fingerprint density at radius 3 is 2.81 bits per heavy atom. The van der Waals surface area contributed by atoms with E-state index in [1.807, 2.05) is 10.6 Å². The molecular formula is C23H28N8O. The summed E-state index contributed by atoms with van der Waals surface area (Å²) in [5.74, 6) is 1.99. The molecule has 1 N–H and O–H groups in total. The van der Waals surface area contributed by atoms with E-state index in [-0.39, 0.29) is 0 Å². The summed E-state index contributed by atoms with van der Waals surface area (Å²) in [6.45, 7) is 6.33. The largest absolute Gasteiger partial charge is 0.381 e. The summed E-state index contributed by atoms with van der Waals surface area (Å²) in [5.41, 5.74) is 1.16. The Hall–Kier alpha value is -3.07. The van der Waals surface area contributed by atoms with Crippen molar-refractivity contribution in [1.29, 1.82) is 0 Å². The van der Waals surface area contributed by atoms with Gasteiger partial charge in [0.1, 0.15) is 22.5 Å². The second kappa shape index (κ2) is 7.81. The van der Waals surface area contributed by atoms with Crippen LogP contribution in [0.3, 0.4) is 0 Å². The first-order valence-electron chi connectivity index (χ1n) is 11.5. The molecule has 6 rings (SSSR count). The van der Waals surface area contributed by atoms with Gasteiger partial charge in [0.25, 0.3) is 0 Å². The van der Waals surface area contributed by atoms with Crippen LogP contribution in [-0.2, 0) is 10.3 Å². The van der Waals surface area contributed by atoms with E-state index in [2.05, 4.69) is 34.3 Å². The van der Waals surface area contributed by atoms with Crippen molar-refractivity contribution in [2.45, 2.75) is 44.2 Å². The number of rotatable bonds is 4. The Kier molecular flexibility index (Phi) is 4.78. The van der Waals surface area contributed by atoms with Gasteiger partial charge < -0.3 is 15.0 Å². The molecule has 9 heteroatoms. The molecule has 0 aromatic carbocycles. The molecule has 0 radical (unpaired) electrons. The average molecular weight is 433 g/mol. The molecule has 9 nitrogen and oxygen atoms in total. The molecule has 2 fully saturated rings. The van der Waals surface area contributed by atoms with E-state index in [0.717, 1.165) is 72.8 Å². The van der Waals surface area contributed by atoms with Gasteiger partial charge in [-0.2, -0.15) is 9.61 Å². The van der Waals surface area contributed by atoms with Crippen LogP contribution in [0.4, 0.5) is 11.6 Å². The van der Waals surface area contributed by atoms with Crippen molar-refractivity contribution in [2.24, 2.45) is 9.98 Å². The van der Waals surface area contributed by atoms with Crippen molar-refractivity contribution in [1.82, 2.24) is 19.6 Å². The summed E-state index contributed by atoms with van der Waals surface area (Å²) in [6.07, 6.45) is 7.94. The lowest BCUT2D eigenvalue weighted by atomic mass is 9.98. The second-order valence-electron chi connectivity index (χ2n) is 9.09. The van der Waals surface area contributed by atoms with E-state index in [1.165, 1.54) is 12.8 Å². The number of fused-ring (bicyclic) bond motifs is 2. The van der Waals surface area contributed by atoms with Crippen LogP contribution in [0.1, 0.15) is 38.3 Å². The minimum Gasteiger partial charge on any atom is -0.381 e. The molecule has 0 amide bonds. The van der Waals surface area contributed by atoms with Gasteiger partial charge in [-0.25, -0.2) is 4.98 Å². The Morgan fingerprint density at radius 2 is 1.97 bits per heavy atom. The van der Waals surface area contributed by atoms with Crippen LogP contribution in [0, 0.1) is 0 Å². The topological polar surface area (TPSA) is 92.3 Å². The molecule has 32 heavy (non-hydrogen) atoms. The van der Waals surface area contributed by atoms with Crippen LogP contribution in [-0.4, -0.2) is 58.5 Å². The van der Waals surface area contributed by atoms with Gasteiger partial charge in [0.05, 0.1) is 23.8 Å². The lowest BCUT2D eigenvalue weighted by molar-refractivity contribution is 0.0903. The predicted molar refractivity (Wildman–Crippen MR) is 121 cm³/mol. The van der Waals surface area contributed by atoms with E-state index in [9.17, 15) is 0 Å². The van der Waals surface area contributed by atoms with Gasteiger partial charge in [-0.3, -0.25) is 15.0 Å². The third-order valence-corrected chi connectivity index (χ3v) is 6.67. The van der Waals surface area contributed by atoms with Crippen LogP contribution < -0.4 is 20.9 Å². The summed E-state index contributed by atoms with van der Waals surface area (Å²) in [5, 5.41) is 10.4. The maximum atomic E-state index is 5.54. The van der Waals surface area contributed by atoms with E-state index in [4.69, 9.17) is 24.8 Å². The van der Waals surface area contributed by atoms with Crippen LogP contribution in [0.5, 0.6) is 0 Å². The zero-order valence-corrected chi connectivity index (χ0v) is 18.4. The monoisotopic (exact) mass is 432 g/mol. The lowest BCUT2D eigenvalue weighted by Crippen LogP contribution is -2.39. The van der Waals surface area contributed by atoms with Crippen molar-refractivity contribution < 1.29 is 4.74 Å². The molecular weight excluding hydrogens is 404 g/mol. The Balaban J connectivity index is 1.43. The quantitative estimate of drug-likeness (QED) is 0.672. The normalized spacial score (nSPS) is 23.6. The molecule has 6 heterocycles.